The van der Waals surface area contributed by atoms with Crippen LogP contribution in [0.15, 0.2) is 0 Å². The van der Waals surface area contributed by atoms with Gasteiger partial charge in [0.15, 0.2) is 0 Å². The minimum atomic E-state index is -0.529. The molecule has 0 aromatic carbocycles. The minimum absolute atomic E-state index is 0.0476. The predicted molar refractivity (Wildman–Crippen MR) is 68.8 cm³/mol. The van der Waals surface area contributed by atoms with Gasteiger partial charge < -0.3 is 9.47 Å². The maximum Gasteiger partial charge on any atom is 0.106 e. The largest absolute Gasteiger partial charge is 0.379 e. The summed E-state index contributed by atoms with van der Waals surface area (Å²) in [7, 11) is 0. The van der Waals surface area contributed by atoms with E-state index >= 15 is 0 Å². The number of hydrogen-bond acceptors (Lipinski definition) is 4. The summed E-state index contributed by atoms with van der Waals surface area (Å²) >= 11 is 0. The van der Waals surface area contributed by atoms with Gasteiger partial charge in [-0.3, -0.25) is 5.32 Å². The molecule has 0 radical (unpaired) electrons. The first kappa shape index (κ1) is 16.4. The van der Waals surface area contributed by atoms with E-state index in [2.05, 4.69) is 11.4 Å². The van der Waals surface area contributed by atoms with Crippen LogP contribution >= 0.6 is 0 Å². The molecule has 4 heteroatoms. The molecule has 0 aromatic heterocycles. The molecule has 0 amide bonds. The van der Waals surface area contributed by atoms with Crippen LogP contribution in [0.3, 0.4) is 0 Å². The van der Waals surface area contributed by atoms with Gasteiger partial charge in [0.2, 0.25) is 0 Å². The molecule has 0 fully saturated rings. The van der Waals surface area contributed by atoms with E-state index < -0.39 is 5.54 Å². The summed E-state index contributed by atoms with van der Waals surface area (Å²) < 4.78 is 10.8. The van der Waals surface area contributed by atoms with Gasteiger partial charge in [-0.05, 0) is 34.6 Å². The second-order valence-electron chi connectivity index (χ2n) is 4.83. The molecule has 17 heavy (non-hydrogen) atoms. The summed E-state index contributed by atoms with van der Waals surface area (Å²) in [6.07, 6.45) is 0.722. The molecule has 100 valence electrons. The van der Waals surface area contributed by atoms with E-state index in [-0.39, 0.29) is 12.1 Å². The summed E-state index contributed by atoms with van der Waals surface area (Å²) in [5, 5.41) is 12.5. The summed E-state index contributed by atoms with van der Waals surface area (Å²) in [6.45, 7) is 11.8. The molecule has 0 aliphatic carbocycles. The zero-order valence-electron chi connectivity index (χ0n) is 11.7. The van der Waals surface area contributed by atoms with E-state index in [1.807, 2.05) is 34.6 Å². The van der Waals surface area contributed by atoms with Crippen LogP contribution < -0.4 is 5.32 Å². The van der Waals surface area contributed by atoms with Crippen molar-refractivity contribution in [3.63, 3.8) is 0 Å². The van der Waals surface area contributed by atoms with Crippen LogP contribution in [0.25, 0.3) is 0 Å². The van der Waals surface area contributed by atoms with E-state index in [1.165, 1.54) is 0 Å². The Morgan fingerprint density at radius 1 is 1.29 bits per heavy atom. The normalized spacial score (nSPS) is 16.5. The van der Waals surface area contributed by atoms with Gasteiger partial charge in [0.1, 0.15) is 5.54 Å². The van der Waals surface area contributed by atoms with Crippen molar-refractivity contribution in [2.24, 2.45) is 0 Å². The minimum Gasteiger partial charge on any atom is -0.379 e. The summed E-state index contributed by atoms with van der Waals surface area (Å²) in [5.74, 6) is 0. The van der Waals surface area contributed by atoms with Crippen LogP contribution in [-0.4, -0.2) is 37.5 Å². The fourth-order valence-electron chi connectivity index (χ4n) is 1.86. The van der Waals surface area contributed by atoms with Gasteiger partial charge in [0.25, 0.3) is 0 Å². The molecule has 1 N–H and O–H groups in total. The fraction of sp³-hybridized carbons (Fsp3) is 0.923. The molecule has 0 bridgehead atoms. The molecule has 0 aliphatic heterocycles. The lowest BCUT2D eigenvalue weighted by Crippen LogP contribution is -2.47. The summed E-state index contributed by atoms with van der Waals surface area (Å²) in [6, 6.07) is 2.61. The number of nitrogens with zero attached hydrogens (tertiary/aromatic N) is 1. The van der Waals surface area contributed by atoms with E-state index in [1.54, 1.807) is 0 Å². The Bertz CT molecular complexity index is 238. The lowest BCUT2D eigenvalue weighted by atomic mass is 9.95. The number of nitriles is 1. The van der Waals surface area contributed by atoms with Crippen molar-refractivity contribution in [1.29, 1.82) is 5.26 Å². The fourth-order valence-corrected chi connectivity index (χ4v) is 1.86. The number of nitrogens with one attached hydrogen (secondary N) is 1. The Kier molecular flexibility index (Phi) is 8.15. The molecule has 4 nitrogen and oxygen atoms in total. The molecule has 0 rings (SSSR count). The second kappa shape index (κ2) is 8.46. The molecule has 0 heterocycles. The van der Waals surface area contributed by atoms with Gasteiger partial charge in [-0.25, -0.2) is 0 Å². The van der Waals surface area contributed by atoms with Crippen molar-refractivity contribution in [2.75, 3.05) is 19.8 Å². The van der Waals surface area contributed by atoms with Crippen LogP contribution in [0.5, 0.6) is 0 Å². The Hall–Kier alpha value is -0.630. The van der Waals surface area contributed by atoms with E-state index in [9.17, 15) is 5.26 Å². The molecule has 0 aliphatic rings. The van der Waals surface area contributed by atoms with Crippen LogP contribution in [-0.2, 0) is 9.47 Å². The third-order valence-electron chi connectivity index (χ3n) is 2.38. The van der Waals surface area contributed by atoms with Crippen molar-refractivity contribution in [1.82, 2.24) is 5.32 Å². The van der Waals surface area contributed by atoms with Gasteiger partial charge in [0, 0.05) is 19.1 Å². The van der Waals surface area contributed by atoms with Gasteiger partial charge >= 0.3 is 0 Å². The highest BCUT2D eigenvalue weighted by Gasteiger charge is 2.27. The quantitative estimate of drug-likeness (QED) is 0.629. The van der Waals surface area contributed by atoms with Crippen molar-refractivity contribution < 1.29 is 9.47 Å². The van der Waals surface area contributed by atoms with Crippen molar-refractivity contribution in [3.8, 4) is 6.07 Å². The first-order chi connectivity index (χ1) is 7.93. The Morgan fingerprint density at radius 3 is 2.41 bits per heavy atom. The zero-order valence-corrected chi connectivity index (χ0v) is 11.7. The smallest absolute Gasteiger partial charge is 0.106 e. The molecule has 0 saturated heterocycles. The summed E-state index contributed by atoms with van der Waals surface area (Å²) in [5.41, 5.74) is -0.529. The molecular formula is C13H26N2O2. The zero-order chi connectivity index (χ0) is 13.3. The average Bonchev–Trinajstić information content (AvgIpc) is 2.23. The monoisotopic (exact) mass is 242 g/mol. The predicted octanol–water partition coefficient (Wildman–Crippen LogP) is 2.10. The van der Waals surface area contributed by atoms with Crippen LogP contribution in [0.4, 0.5) is 0 Å². The third-order valence-corrected chi connectivity index (χ3v) is 2.38. The highest BCUT2D eigenvalue weighted by atomic mass is 16.5. The lowest BCUT2D eigenvalue weighted by Gasteiger charge is -2.28. The molecular weight excluding hydrogens is 216 g/mol. The van der Waals surface area contributed by atoms with Crippen molar-refractivity contribution in [2.45, 2.75) is 58.7 Å². The molecule has 0 aromatic rings. The first-order valence-corrected chi connectivity index (χ1v) is 6.31. The van der Waals surface area contributed by atoms with Gasteiger partial charge in [-0.2, -0.15) is 5.26 Å². The van der Waals surface area contributed by atoms with E-state index in [4.69, 9.17) is 9.47 Å². The maximum absolute atomic E-state index is 9.20. The first-order valence-electron chi connectivity index (χ1n) is 6.31. The molecule has 2 atom stereocenters. The second-order valence-corrected chi connectivity index (χ2v) is 4.83. The highest BCUT2D eigenvalue weighted by molar-refractivity contribution is 5.05. The third kappa shape index (κ3) is 8.14. The Morgan fingerprint density at radius 2 is 1.94 bits per heavy atom. The number of ether oxygens (including phenoxy) is 2. The molecule has 0 saturated carbocycles. The lowest BCUT2D eigenvalue weighted by molar-refractivity contribution is 0.00467. The number of hydrogen-bond donors (Lipinski definition) is 1. The molecule has 2 unspecified atom stereocenters. The highest BCUT2D eigenvalue weighted by Crippen LogP contribution is 2.14. The number of rotatable bonds is 9. The van der Waals surface area contributed by atoms with Gasteiger partial charge in [-0.1, -0.05) is 0 Å². The van der Waals surface area contributed by atoms with E-state index in [0.717, 1.165) is 0 Å². The van der Waals surface area contributed by atoms with Gasteiger partial charge in [-0.15, -0.1) is 0 Å². The SMILES string of the molecule is CCOCCOC(C)CC(C)(C#N)NC(C)C. The Labute approximate surface area is 105 Å². The van der Waals surface area contributed by atoms with E-state index in [0.29, 0.717) is 26.2 Å². The Balaban J connectivity index is 3.98. The average molecular weight is 242 g/mol. The van der Waals surface area contributed by atoms with Crippen LogP contribution in [0.2, 0.25) is 0 Å². The van der Waals surface area contributed by atoms with Crippen LogP contribution in [0.1, 0.15) is 41.0 Å². The molecule has 0 spiro atoms. The topological polar surface area (TPSA) is 54.3 Å². The van der Waals surface area contributed by atoms with Crippen molar-refractivity contribution in [3.05, 3.63) is 0 Å². The maximum atomic E-state index is 9.20. The standard InChI is InChI=1S/C13H26N2O2/c1-6-16-7-8-17-12(4)9-13(5,10-14)15-11(2)3/h11-12,15H,6-9H2,1-5H3. The van der Waals surface area contributed by atoms with Crippen LogP contribution in [0, 0.1) is 11.3 Å². The summed E-state index contributed by atoms with van der Waals surface area (Å²) in [4.78, 5) is 0. The van der Waals surface area contributed by atoms with Gasteiger partial charge in [0.05, 0.1) is 25.4 Å². The van der Waals surface area contributed by atoms with Crippen molar-refractivity contribution >= 4 is 0 Å².